The molecule has 1 aromatic rings. The van der Waals surface area contributed by atoms with E-state index in [1.54, 1.807) is 0 Å². The first-order chi connectivity index (χ1) is 8.05. The standard InChI is InChI=1S/C7H6O6S.BH3O3/c8-6-2-1-4(14(11,12)13)3-5(6)7(9)10;2-1(3)4/h1-3,8H,(H,9,10)(H,11,12,13);2-4H. The molecule has 100 valence electrons. The van der Waals surface area contributed by atoms with Crippen LogP contribution in [0.2, 0.25) is 0 Å². The smallest absolute Gasteiger partial charge is 0.507 e. The number of carbonyl (C=O) groups is 1. The van der Waals surface area contributed by atoms with Gasteiger partial charge in [-0.15, -0.1) is 0 Å². The Kier molecular flexibility index (Phi) is 5.74. The van der Waals surface area contributed by atoms with Crippen LogP contribution in [-0.2, 0) is 10.1 Å². The van der Waals surface area contributed by atoms with Crippen LogP contribution in [0.5, 0.6) is 5.75 Å². The number of phenols is 1. The Morgan fingerprint density at radius 2 is 1.61 bits per heavy atom. The van der Waals surface area contributed by atoms with Crippen molar-refractivity contribution in [2.75, 3.05) is 0 Å². The van der Waals surface area contributed by atoms with Crippen LogP contribution in [0, 0.1) is 0 Å². The van der Waals surface area contributed by atoms with Crippen LogP contribution >= 0.6 is 0 Å². The van der Waals surface area contributed by atoms with Gasteiger partial charge < -0.3 is 25.3 Å². The van der Waals surface area contributed by atoms with Gasteiger partial charge in [0.25, 0.3) is 10.1 Å². The molecule has 0 saturated carbocycles. The lowest BCUT2D eigenvalue weighted by Crippen LogP contribution is -2.07. The highest BCUT2D eigenvalue weighted by Crippen LogP contribution is 2.20. The summed E-state index contributed by atoms with van der Waals surface area (Å²) < 4.78 is 29.8. The maximum absolute atomic E-state index is 10.6. The minimum Gasteiger partial charge on any atom is -0.507 e. The predicted molar refractivity (Wildman–Crippen MR) is 57.3 cm³/mol. The van der Waals surface area contributed by atoms with E-state index in [1.807, 2.05) is 0 Å². The van der Waals surface area contributed by atoms with Crippen molar-refractivity contribution in [3.05, 3.63) is 23.8 Å². The van der Waals surface area contributed by atoms with E-state index in [1.165, 1.54) is 0 Å². The molecule has 0 bridgehead atoms. The molecule has 0 radical (unpaired) electrons. The third-order valence-corrected chi connectivity index (χ3v) is 2.35. The predicted octanol–water partition coefficient (Wildman–Crippen LogP) is -1.71. The number of hydrogen-bond acceptors (Lipinski definition) is 7. The van der Waals surface area contributed by atoms with Gasteiger partial charge in [0.05, 0.1) is 4.90 Å². The third kappa shape index (κ3) is 5.61. The molecule has 0 amide bonds. The lowest BCUT2D eigenvalue weighted by atomic mass is 10.2. The number of hydrogen-bond donors (Lipinski definition) is 6. The molecule has 0 saturated heterocycles. The van der Waals surface area contributed by atoms with Crippen molar-refractivity contribution in [3.63, 3.8) is 0 Å². The van der Waals surface area contributed by atoms with Gasteiger partial charge in [-0.3, -0.25) is 4.55 Å². The summed E-state index contributed by atoms with van der Waals surface area (Å²) in [6.45, 7) is 0. The summed E-state index contributed by atoms with van der Waals surface area (Å²) in [7, 11) is -6.62. The molecular weight excluding hydrogens is 271 g/mol. The van der Waals surface area contributed by atoms with E-state index in [-0.39, 0.29) is 0 Å². The zero-order valence-electron chi connectivity index (χ0n) is 8.63. The van der Waals surface area contributed by atoms with Crippen molar-refractivity contribution in [2.45, 2.75) is 4.90 Å². The zero-order chi connectivity index (χ0) is 14.5. The SMILES string of the molecule is O=C(O)c1cc(S(=O)(=O)O)ccc1O.OB(O)O. The van der Waals surface area contributed by atoms with Crippen molar-refractivity contribution in [1.29, 1.82) is 0 Å². The second-order valence-electron chi connectivity index (χ2n) is 2.81. The van der Waals surface area contributed by atoms with Crippen LogP contribution in [0.15, 0.2) is 23.1 Å². The Labute approximate surface area is 101 Å². The molecule has 0 heterocycles. The minimum atomic E-state index is -4.45. The van der Waals surface area contributed by atoms with E-state index < -0.39 is 39.6 Å². The second kappa shape index (κ2) is 6.32. The molecule has 18 heavy (non-hydrogen) atoms. The van der Waals surface area contributed by atoms with Gasteiger partial charge in [0.15, 0.2) is 0 Å². The number of carboxylic acid groups (broad SMARTS) is 1. The average molecular weight is 280 g/mol. The number of benzene rings is 1. The zero-order valence-corrected chi connectivity index (χ0v) is 9.44. The van der Waals surface area contributed by atoms with Crippen LogP contribution in [0.3, 0.4) is 0 Å². The van der Waals surface area contributed by atoms with Crippen molar-refractivity contribution in [3.8, 4) is 5.75 Å². The molecule has 1 rings (SSSR count). The van der Waals surface area contributed by atoms with Gasteiger partial charge in [-0.1, -0.05) is 0 Å². The van der Waals surface area contributed by atoms with Gasteiger partial charge in [0, 0.05) is 0 Å². The first-order valence-corrected chi connectivity index (χ1v) is 5.57. The molecule has 6 N–H and O–H groups in total. The number of rotatable bonds is 2. The molecule has 0 atom stereocenters. The number of carboxylic acids is 1. The molecule has 0 spiro atoms. The first kappa shape index (κ1) is 16.3. The van der Waals surface area contributed by atoms with E-state index in [4.69, 9.17) is 29.8 Å². The summed E-state index contributed by atoms with van der Waals surface area (Å²) in [5.74, 6) is -2.04. The fraction of sp³-hybridized carbons (Fsp3) is 0. The van der Waals surface area contributed by atoms with E-state index in [9.17, 15) is 13.2 Å². The van der Waals surface area contributed by atoms with Gasteiger partial charge in [-0.25, -0.2) is 4.79 Å². The van der Waals surface area contributed by atoms with E-state index in [2.05, 4.69) is 0 Å². The molecule has 9 nitrogen and oxygen atoms in total. The quantitative estimate of drug-likeness (QED) is 0.272. The molecule has 11 heteroatoms. The normalized spacial score (nSPS) is 10.2. The maximum atomic E-state index is 10.6. The largest absolute Gasteiger partial charge is 0.631 e. The van der Waals surface area contributed by atoms with Crippen molar-refractivity contribution >= 4 is 23.4 Å². The van der Waals surface area contributed by atoms with Crippen LogP contribution in [-0.4, -0.2) is 51.5 Å². The molecule has 0 aliphatic heterocycles. The third-order valence-electron chi connectivity index (χ3n) is 1.50. The van der Waals surface area contributed by atoms with E-state index in [0.29, 0.717) is 6.07 Å². The first-order valence-electron chi connectivity index (χ1n) is 4.13. The highest BCUT2D eigenvalue weighted by atomic mass is 32.2. The summed E-state index contributed by atoms with van der Waals surface area (Å²) >= 11 is 0. The average Bonchev–Trinajstić information content (AvgIpc) is 2.14. The van der Waals surface area contributed by atoms with Gasteiger partial charge in [-0.05, 0) is 18.2 Å². The van der Waals surface area contributed by atoms with Gasteiger partial charge in [0.1, 0.15) is 11.3 Å². The summed E-state index contributed by atoms with van der Waals surface area (Å²) in [5, 5.41) is 39.0. The summed E-state index contributed by atoms with van der Waals surface area (Å²) in [6, 6.07) is 2.46. The van der Waals surface area contributed by atoms with Crippen LogP contribution in [0.4, 0.5) is 0 Å². The van der Waals surface area contributed by atoms with Crippen molar-refractivity contribution in [2.24, 2.45) is 0 Å². The number of aromatic carboxylic acids is 1. The fourth-order valence-corrected chi connectivity index (χ4v) is 1.35. The minimum absolute atomic E-state index is 0.565. The Morgan fingerprint density at radius 3 is 1.94 bits per heavy atom. The fourth-order valence-electron chi connectivity index (χ4n) is 0.847. The van der Waals surface area contributed by atoms with Crippen molar-refractivity contribution in [1.82, 2.24) is 0 Å². The molecule has 0 unspecified atom stereocenters. The van der Waals surface area contributed by atoms with Gasteiger partial charge in [0.2, 0.25) is 0 Å². The van der Waals surface area contributed by atoms with Crippen LogP contribution in [0.1, 0.15) is 10.4 Å². The highest BCUT2D eigenvalue weighted by molar-refractivity contribution is 7.85. The summed E-state index contributed by atoms with van der Waals surface area (Å²) in [4.78, 5) is 9.89. The second-order valence-corrected chi connectivity index (χ2v) is 4.23. The molecule has 0 aromatic heterocycles. The lowest BCUT2D eigenvalue weighted by Gasteiger charge is -2.01. The molecule has 0 aliphatic rings. The lowest BCUT2D eigenvalue weighted by molar-refractivity contribution is 0.0693. The monoisotopic (exact) mass is 280 g/mol. The highest BCUT2D eigenvalue weighted by Gasteiger charge is 2.16. The Bertz CT molecular complexity index is 521. The van der Waals surface area contributed by atoms with Crippen molar-refractivity contribution < 1.29 is 43.1 Å². The number of aromatic hydroxyl groups is 1. The van der Waals surface area contributed by atoms with Crippen LogP contribution < -0.4 is 0 Å². The maximum Gasteiger partial charge on any atom is 0.631 e. The van der Waals surface area contributed by atoms with E-state index in [0.717, 1.165) is 12.1 Å². The summed E-state index contributed by atoms with van der Waals surface area (Å²) in [5.41, 5.74) is -0.583. The molecular formula is C7H9BO9S. The molecule has 1 aromatic carbocycles. The topological polar surface area (TPSA) is 173 Å². The van der Waals surface area contributed by atoms with Gasteiger partial charge in [-0.2, -0.15) is 8.42 Å². The Balaban J connectivity index is 0.000000631. The van der Waals surface area contributed by atoms with Gasteiger partial charge >= 0.3 is 13.3 Å². The Hall–Kier alpha value is -1.66. The molecule has 0 aliphatic carbocycles. The van der Waals surface area contributed by atoms with Crippen LogP contribution in [0.25, 0.3) is 0 Å². The Morgan fingerprint density at radius 1 is 1.17 bits per heavy atom. The van der Waals surface area contributed by atoms with E-state index >= 15 is 0 Å². The molecule has 0 fully saturated rings. The summed E-state index contributed by atoms with van der Waals surface area (Å²) in [6.07, 6.45) is 0.